The quantitative estimate of drug-likeness (QED) is 0.838. The Bertz CT molecular complexity index is 635. The van der Waals surface area contributed by atoms with Crippen LogP contribution in [-0.2, 0) is 6.42 Å². The first-order valence-electron chi connectivity index (χ1n) is 7.78. The number of fused-ring (bicyclic) bond motifs is 1. The van der Waals surface area contributed by atoms with Crippen LogP contribution < -0.4 is 4.90 Å². The van der Waals surface area contributed by atoms with Crippen molar-refractivity contribution >= 4 is 5.69 Å². The summed E-state index contributed by atoms with van der Waals surface area (Å²) in [6, 6.07) is 9.21. The van der Waals surface area contributed by atoms with E-state index in [1.807, 2.05) is 11.7 Å². The molecule has 2 heterocycles. The monoisotopic (exact) mass is 300 g/mol. The van der Waals surface area contributed by atoms with Crippen LogP contribution in [0.1, 0.15) is 23.9 Å². The lowest BCUT2D eigenvalue weighted by Gasteiger charge is -2.30. The van der Waals surface area contributed by atoms with E-state index < -0.39 is 0 Å². The maximum absolute atomic E-state index is 4.48. The van der Waals surface area contributed by atoms with E-state index in [-0.39, 0.29) is 6.04 Å². The smallest absolute Gasteiger partial charge is 0.171 e. The van der Waals surface area contributed by atoms with Gasteiger partial charge in [-0.15, -0.1) is 10.2 Å². The van der Waals surface area contributed by atoms with Gasteiger partial charge in [-0.25, -0.2) is 0 Å². The average molecular weight is 300 g/mol. The molecule has 1 aromatic carbocycles. The van der Waals surface area contributed by atoms with Crippen molar-refractivity contribution in [2.24, 2.45) is 0 Å². The topological polar surface area (TPSA) is 50.1 Å². The molecule has 0 radical (unpaired) electrons. The van der Waals surface area contributed by atoms with Crippen LogP contribution in [0.15, 0.2) is 24.3 Å². The second-order valence-electron chi connectivity index (χ2n) is 6.33. The van der Waals surface area contributed by atoms with Crippen molar-refractivity contribution in [3.63, 3.8) is 0 Å². The van der Waals surface area contributed by atoms with Crippen molar-refractivity contribution in [1.82, 2.24) is 25.1 Å². The van der Waals surface area contributed by atoms with E-state index in [1.165, 1.54) is 11.3 Å². The number of para-hydroxylation sites is 1. The van der Waals surface area contributed by atoms with Gasteiger partial charge in [-0.3, -0.25) is 0 Å². The SMILES string of the molecule is Cc1nnn(C(CCN(C)C)C2Cc3ccccc3N2C)n1. The van der Waals surface area contributed by atoms with Crippen molar-refractivity contribution in [3.05, 3.63) is 35.7 Å². The highest BCUT2D eigenvalue weighted by Crippen LogP contribution is 2.36. The summed E-state index contributed by atoms with van der Waals surface area (Å²) in [6.07, 6.45) is 2.04. The molecular weight excluding hydrogens is 276 g/mol. The Kier molecular flexibility index (Phi) is 4.11. The van der Waals surface area contributed by atoms with Crippen LogP contribution in [0, 0.1) is 6.92 Å². The van der Waals surface area contributed by atoms with Crippen molar-refractivity contribution in [3.8, 4) is 0 Å². The Morgan fingerprint density at radius 2 is 2.09 bits per heavy atom. The lowest BCUT2D eigenvalue weighted by molar-refractivity contribution is 0.275. The van der Waals surface area contributed by atoms with Crippen molar-refractivity contribution in [1.29, 1.82) is 0 Å². The van der Waals surface area contributed by atoms with E-state index in [1.54, 1.807) is 0 Å². The van der Waals surface area contributed by atoms with Crippen LogP contribution in [0.2, 0.25) is 0 Å². The first-order chi connectivity index (χ1) is 10.6. The molecule has 0 N–H and O–H groups in total. The largest absolute Gasteiger partial charge is 0.369 e. The molecule has 0 aliphatic carbocycles. The predicted octanol–water partition coefficient (Wildman–Crippen LogP) is 1.54. The minimum absolute atomic E-state index is 0.223. The lowest BCUT2D eigenvalue weighted by Crippen LogP contribution is -2.39. The minimum Gasteiger partial charge on any atom is -0.369 e. The Morgan fingerprint density at radius 1 is 1.32 bits per heavy atom. The van der Waals surface area contributed by atoms with Crippen molar-refractivity contribution < 1.29 is 0 Å². The van der Waals surface area contributed by atoms with Gasteiger partial charge in [0.05, 0.1) is 12.1 Å². The van der Waals surface area contributed by atoms with E-state index in [9.17, 15) is 0 Å². The molecule has 1 aliphatic heterocycles. The number of anilines is 1. The third kappa shape index (κ3) is 2.83. The van der Waals surface area contributed by atoms with Crippen LogP contribution in [0.5, 0.6) is 0 Å². The van der Waals surface area contributed by atoms with Crippen LogP contribution in [-0.4, -0.2) is 58.8 Å². The molecule has 0 amide bonds. The fraction of sp³-hybridized carbons (Fsp3) is 0.562. The van der Waals surface area contributed by atoms with E-state index >= 15 is 0 Å². The van der Waals surface area contributed by atoms with E-state index in [4.69, 9.17) is 0 Å². The van der Waals surface area contributed by atoms with E-state index in [2.05, 4.69) is 70.6 Å². The number of likely N-dealkylation sites (N-methyl/N-ethyl adjacent to an activating group) is 1. The molecule has 1 aromatic heterocycles. The number of hydrogen-bond donors (Lipinski definition) is 0. The van der Waals surface area contributed by atoms with Gasteiger partial charge in [0.15, 0.2) is 5.82 Å². The molecule has 118 valence electrons. The Labute approximate surface area is 131 Å². The van der Waals surface area contributed by atoms with E-state index in [0.29, 0.717) is 6.04 Å². The number of tetrazole rings is 1. The van der Waals surface area contributed by atoms with Gasteiger partial charge in [0.2, 0.25) is 0 Å². The molecule has 6 nitrogen and oxygen atoms in total. The highest BCUT2D eigenvalue weighted by molar-refractivity contribution is 5.59. The zero-order valence-corrected chi connectivity index (χ0v) is 13.8. The van der Waals surface area contributed by atoms with Gasteiger partial charge in [-0.05, 0) is 57.2 Å². The number of aryl methyl sites for hydroxylation is 1. The van der Waals surface area contributed by atoms with Crippen LogP contribution in [0.3, 0.4) is 0 Å². The second-order valence-corrected chi connectivity index (χ2v) is 6.33. The molecule has 0 saturated heterocycles. The predicted molar refractivity (Wildman–Crippen MR) is 87.1 cm³/mol. The molecule has 2 unspecified atom stereocenters. The summed E-state index contributed by atoms with van der Waals surface area (Å²) in [5, 5.41) is 12.8. The number of nitrogens with zero attached hydrogens (tertiary/aromatic N) is 6. The first kappa shape index (κ1) is 15.0. The molecule has 2 atom stereocenters. The minimum atomic E-state index is 0.223. The summed E-state index contributed by atoms with van der Waals surface area (Å²) in [5.41, 5.74) is 2.72. The van der Waals surface area contributed by atoms with Crippen LogP contribution in [0.25, 0.3) is 0 Å². The van der Waals surface area contributed by atoms with Crippen LogP contribution in [0.4, 0.5) is 5.69 Å². The van der Waals surface area contributed by atoms with Gasteiger partial charge in [0, 0.05) is 12.7 Å². The molecule has 3 rings (SSSR count). The number of rotatable bonds is 5. The number of hydrogen-bond acceptors (Lipinski definition) is 5. The fourth-order valence-corrected chi connectivity index (χ4v) is 3.25. The van der Waals surface area contributed by atoms with E-state index in [0.717, 1.165) is 25.2 Å². The molecule has 2 aromatic rings. The summed E-state index contributed by atoms with van der Waals surface area (Å²) in [4.78, 5) is 6.39. The first-order valence-corrected chi connectivity index (χ1v) is 7.78. The average Bonchev–Trinajstić information content (AvgIpc) is 3.05. The molecule has 0 saturated carbocycles. The highest BCUT2D eigenvalue weighted by atomic mass is 15.6. The van der Waals surface area contributed by atoms with Gasteiger partial charge < -0.3 is 9.80 Å². The standard InChI is InChI=1S/C16H24N6/c1-12-17-19-22(18-12)15(9-10-20(2)3)16-11-13-7-5-6-8-14(13)21(16)4/h5-8,15-16H,9-11H2,1-4H3. The fourth-order valence-electron chi connectivity index (χ4n) is 3.25. The Balaban J connectivity index is 1.87. The molecule has 0 fully saturated rings. The lowest BCUT2D eigenvalue weighted by atomic mass is 10.0. The second kappa shape index (κ2) is 6.04. The zero-order chi connectivity index (χ0) is 15.7. The third-order valence-corrected chi connectivity index (χ3v) is 4.44. The maximum Gasteiger partial charge on any atom is 0.171 e. The molecule has 6 heteroatoms. The number of benzene rings is 1. The Morgan fingerprint density at radius 3 is 2.73 bits per heavy atom. The molecule has 0 spiro atoms. The summed E-state index contributed by atoms with van der Waals surface area (Å²) < 4.78 is 0. The summed E-state index contributed by atoms with van der Waals surface area (Å²) in [7, 11) is 6.37. The summed E-state index contributed by atoms with van der Waals surface area (Å²) in [5.74, 6) is 0.730. The third-order valence-electron chi connectivity index (χ3n) is 4.44. The molecule has 22 heavy (non-hydrogen) atoms. The van der Waals surface area contributed by atoms with Gasteiger partial charge >= 0.3 is 0 Å². The number of aromatic nitrogens is 4. The van der Waals surface area contributed by atoms with Gasteiger partial charge in [-0.1, -0.05) is 18.2 Å². The van der Waals surface area contributed by atoms with Crippen LogP contribution >= 0.6 is 0 Å². The summed E-state index contributed by atoms with van der Waals surface area (Å²) in [6.45, 7) is 2.89. The zero-order valence-electron chi connectivity index (χ0n) is 13.8. The normalized spacial score (nSPS) is 18.8. The van der Waals surface area contributed by atoms with Crippen molar-refractivity contribution in [2.45, 2.75) is 31.8 Å². The van der Waals surface area contributed by atoms with Crippen molar-refractivity contribution in [2.75, 3.05) is 32.6 Å². The summed E-state index contributed by atoms with van der Waals surface area (Å²) >= 11 is 0. The molecule has 1 aliphatic rings. The van der Waals surface area contributed by atoms with Gasteiger partial charge in [-0.2, -0.15) is 4.80 Å². The maximum atomic E-state index is 4.48. The molecule has 0 bridgehead atoms. The highest BCUT2D eigenvalue weighted by Gasteiger charge is 2.34. The Hall–Kier alpha value is -1.95. The van der Waals surface area contributed by atoms with Gasteiger partial charge in [0.25, 0.3) is 0 Å². The molecular formula is C16H24N6. The van der Waals surface area contributed by atoms with Gasteiger partial charge in [0.1, 0.15) is 0 Å².